The summed E-state index contributed by atoms with van der Waals surface area (Å²) in [7, 11) is 0. The lowest BCUT2D eigenvalue weighted by atomic mass is 9.79. The first kappa shape index (κ1) is 17.5. The van der Waals surface area contributed by atoms with Crippen LogP contribution in [0.4, 0.5) is 4.39 Å². The number of carbonyl (C=O) groups excluding carboxylic acids is 1. The van der Waals surface area contributed by atoms with Crippen molar-refractivity contribution in [2.24, 2.45) is 11.8 Å². The van der Waals surface area contributed by atoms with E-state index in [1.165, 1.54) is 25.3 Å². The third-order valence-electron chi connectivity index (χ3n) is 4.82. The fourth-order valence-corrected chi connectivity index (χ4v) is 3.35. The SMILES string of the molecule is CCCCC1CCC(C(=O)NC(C#N)c2ccccc2F)CC1. The van der Waals surface area contributed by atoms with Crippen molar-refractivity contribution < 1.29 is 9.18 Å². The number of nitriles is 1. The molecule has 124 valence electrons. The molecule has 1 amide bonds. The lowest BCUT2D eigenvalue weighted by Gasteiger charge is -2.28. The Kier molecular flexibility index (Phi) is 6.58. The Balaban J connectivity index is 1.89. The first-order valence-electron chi connectivity index (χ1n) is 8.60. The summed E-state index contributed by atoms with van der Waals surface area (Å²) in [5.41, 5.74) is 0.236. The van der Waals surface area contributed by atoms with E-state index in [4.69, 9.17) is 0 Å². The maximum atomic E-state index is 13.8. The Morgan fingerprint density at radius 1 is 1.35 bits per heavy atom. The Bertz CT molecular complexity index is 559. The van der Waals surface area contributed by atoms with Gasteiger partial charge in [-0.15, -0.1) is 0 Å². The van der Waals surface area contributed by atoms with Crippen molar-refractivity contribution in [3.8, 4) is 6.07 Å². The van der Waals surface area contributed by atoms with Gasteiger partial charge in [-0.2, -0.15) is 5.26 Å². The molecule has 1 aliphatic rings. The second kappa shape index (κ2) is 8.67. The molecule has 0 radical (unpaired) electrons. The monoisotopic (exact) mass is 316 g/mol. The van der Waals surface area contributed by atoms with Gasteiger partial charge in [-0.25, -0.2) is 4.39 Å². The third kappa shape index (κ3) is 4.79. The summed E-state index contributed by atoms with van der Waals surface area (Å²) in [4.78, 5) is 12.4. The molecular formula is C19H25FN2O. The number of nitrogens with zero attached hydrogens (tertiary/aromatic N) is 1. The normalized spacial score (nSPS) is 22.1. The fraction of sp³-hybridized carbons (Fsp3) is 0.579. The molecule has 0 aromatic heterocycles. The number of hydrogen-bond donors (Lipinski definition) is 1. The maximum absolute atomic E-state index is 13.8. The van der Waals surface area contributed by atoms with Gasteiger partial charge < -0.3 is 5.32 Å². The van der Waals surface area contributed by atoms with Gasteiger partial charge in [0, 0.05) is 11.5 Å². The first-order valence-corrected chi connectivity index (χ1v) is 8.60. The van der Waals surface area contributed by atoms with Gasteiger partial charge >= 0.3 is 0 Å². The van der Waals surface area contributed by atoms with E-state index < -0.39 is 11.9 Å². The van der Waals surface area contributed by atoms with Gasteiger partial charge in [0.1, 0.15) is 11.9 Å². The topological polar surface area (TPSA) is 52.9 Å². The molecule has 2 rings (SSSR count). The van der Waals surface area contributed by atoms with E-state index in [0.717, 1.165) is 31.6 Å². The largest absolute Gasteiger partial charge is 0.336 e. The number of amides is 1. The fourth-order valence-electron chi connectivity index (χ4n) is 3.35. The maximum Gasteiger partial charge on any atom is 0.224 e. The zero-order valence-corrected chi connectivity index (χ0v) is 13.7. The van der Waals surface area contributed by atoms with Crippen molar-refractivity contribution in [3.05, 3.63) is 35.6 Å². The molecule has 0 heterocycles. The summed E-state index contributed by atoms with van der Waals surface area (Å²) in [5.74, 6) is 0.115. The van der Waals surface area contributed by atoms with Gasteiger partial charge in [0.2, 0.25) is 5.91 Å². The molecule has 1 atom stereocenters. The molecule has 4 heteroatoms. The summed E-state index contributed by atoms with van der Waals surface area (Å²) in [6, 6.07) is 7.19. The van der Waals surface area contributed by atoms with Gasteiger partial charge in [-0.3, -0.25) is 4.79 Å². The van der Waals surface area contributed by atoms with Gasteiger partial charge in [0.15, 0.2) is 0 Å². The Morgan fingerprint density at radius 2 is 2.04 bits per heavy atom. The minimum Gasteiger partial charge on any atom is -0.336 e. The Hall–Kier alpha value is -1.89. The highest BCUT2D eigenvalue weighted by atomic mass is 19.1. The number of rotatable bonds is 6. The number of halogens is 1. The predicted octanol–water partition coefficient (Wildman–Crippen LogP) is 4.50. The molecule has 1 saturated carbocycles. The molecule has 3 nitrogen and oxygen atoms in total. The Labute approximate surface area is 137 Å². The standard InChI is InChI=1S/C19H25FN2O/c1-2-3-6-14-9-11-15(12-10-14)19(23)22-18(13-21)16-7-4-5-8-17(16)20/h4-5,7-8,14-15,18H,2-3,6,9-12H2,1H3,(H,22,23). The molecule has 1 aliphatic carbocycles. The molecule has 1 aromatic carbocycles. The molecule has 1 unspecified atom stereocenters. The average Bonchev–Trinajstić information content (AvgIpc) is 2.59. The second-order valence-corrected chi connectivity index (χ2v) is 6.45. The molecule has 0 saturated heterocycles. The molecule has 0 aliphatic heterocycles. The molecule has 1 fully saturated rings. The van der Waals surface area contributed by atoms with E-state index in [-0.39, 0.29) is 17.4 Å². The summed E-state index contributed by atoms with van der Waals surface area (Å²) in [6.45, 7) is 2.20. The Morgan fingerprint density at radius 3 is 2.65 bits per heavy atom. The highest BCUT2D eigenvalue weighted by molar-refractivity contribution is 5.79. The van der Waals surface area contributed by atoms with Crippen LogP contribution in [0.3, 0.4) is 0 Å². The quantitative estimate of drug-likeness (QED) is 0.840. The molecule has 1 N–H and O–H groups in total. The number of nitrogens with one attached hydrogen (secondary N) is 1. The van der Waals surface area contributed by atoms with Crippen LogP contribution in [-0.4, -0.2) is 5.91 Å². The van der Waals surface area contributed by atoms with Crippen LogP contribution in [0, 0.1) is 29.0 Å². The van der Waals surface area contributed by atoms with Crippen LogP contribution in [-0.2, 0) is 4.79 Å². The van der Waals surface area contributed by atoms with Crippen LogP contribution in [0.15, 0.2) is 24.3 Å². The van der Waals surface area contributed by atoms with E-state index in [0.29, 0.717) is 0 Å². The van der Waals surface area contributed by atoms with Crippen molar-refractivity contribution in [3.63, 3.8) is 0 Å². The first-order chi connectivity index (χ1) is 11.2. The summed E-state index contributed by atoms with van der Waals surface area (Å²) in [6.07, 6.45) is 7.62. The van der Waals surface area contributed by atoms with Crippen molar-refractivity contribution >= 4 is 5.91 Å². The van der Waals surface area contributed by atoms with E-state index in [1.807, 2.05) is 6.07 Å². The molecule has 0 spiro atoms. The highest BCUT2D eigenvalue weighted by Crippen LogP contribution is 2.32. The lowest BCUT2D eigenvalue weighted by Crippen LogP contribution is -2.35. The second-order valence-electron chi connectivity index (χ2n) is 6.45. The number of unbranched alkanes of at least 4 members (excludes halogenated alkanes) is 1. The van der Waals surface area contributed by atoms with Crippen LogP contribution < -0.4 is 5.32 Å². The predicted molar refractivity (Wildman–Crippen MR) is 87.9 cm³/mol. The van der Waals surface area contributed by atoms with Crippen LogP contribution in [0.25, 0.3) is 0 Å². The van der Waals surface area contributed by atoms with Crippen LogP contribution in [0.2, 0.25) is 0 Å². The molecule has 1 aromatic rings. The molecule has 23 heavy (non-hydrogen) atoms. The van der Waals surface area contributed by atoms with Crippen LogP contribution in [0.1, 0.15) is 63.5 Å². The lowest BCUT2D eigenvalue weighted by molar-refractivity contribution is -0.126. The van der Waals surface area contributed by atoms with Crippen LogP contribution in [0.5, 0.6) is 0 Å². The third-order valence-corrected chi connectivity index (χ3v) is 4.82. The minimum atomic E-state index is -0.915. The van der Waals surface area contributed by atoms with E-state index in [1.54, 1.807) is 18.2 Å². The smallest absolute Gasteiger partial charge is 0.224 e. The van der Waals surface area contributed by atoms with Crippen molar-refractivity contribution in [1.82, 2.24) is 5.32 Å². The van der Waals surface area contributed by atoms with Crippen molar-refractivity contribution in [2.75, 3.05) is 0 Å². The van der Waals surface area contributed by atoms with Crippen molar-refractivity contribution in [1.29, 1.82) is 5.26 Å². The number of benzene rings is 1. The van der Waals surface area contributed by atoms with Gasteiger partial charge in [0.05, 0.1) is 6.07 Å². The van der Waals surface area contributed by atoms with Crippen molar-refractivity contribution in [2.45, 2.75) is 57.9 Å². The van der Waals surface area contributed by atoms with Gasteiger partial charge in [-0.05, 0) is 37.7 Å². The minimum absolute atomic E-state index is 0.0458. The van der Waals surface area contributed by atoms with E-state index in [9.17, 15) is 14.4 Å². The zero-order valence-electron chi connectivity index (χ0n) is 13.7. The molecular weight excluding hydrogens is 291 g/mol. The van der Waals surface area contributed by atoms with E-state index in [2.05, 4.69) is 12.2 Å². The average molecular weight is 316 g/mol. The zero-order chi connectivity index (χ0) is 16.7. The number of hydrogen-bond acceptors (Lipinski definition) is 2. The summed E-state index contributed by atoms with van der Waals surface area (Å²) < 4.78 is 13.8. The van der Waals surface area contributed by atoms with Gasteiger partial charge in [-0.1, -0.05) is 44.4 Å². The van der Waals surface area contributed by atoms with Gasteiger partial charge in [0.25, 0.3) is 0 Å². The highest BCUT2D eigenvalue weighted by Gasteiger charge is 2.28. The van der Waals surface area contributed by atoms with Crippen LogP contribution >= 0.6 is 0 Å². The van der Waals surface area contributed by atoms with E-state index >= 15 is 0 Å². The number of carbonyl (C=O) groups is 1. The molecule has 0 bridgehead atoms. The summed E-state index contributed by atoms with van der Waals surface area (Å²) in [5, 5.41) is 12.0. The summed E-state index contributed by atoms with van der Waals surface area (Å²) >= 11 is 0.